The first-order chi connectivity index (χ1) is 32.5. The zero-order valence-electron chi connectivity index (χ0n) is 42.9. The minimum atomic E-state index is -0.808. The van der Waals surface area contributed by atoms with E-state index in [1.165, 1.54) is 103 Å². The van der Waals surface area contributed by atoms with E-state index < -0.39 is 6.10 Å². The number of esters is 3. The summed E-state index contributed by atoms with van der Waals surface area (Å²) in [5.41, 5.74) is 0. The number of hydrogen-bond acceptors (Lipinski definition) is 6. The van der Waals surface area contributed by atoms with Gasteiger partial charge in [0.15, 0.2) is 6.10 Å². The van der Waals surface area contributed by atoms with E-state index in [9.17, 15) is 14.4 Å². The van der Waals surface area contributed by atoms with Gasteiger partial charge in [-0.15, -0.1) is 0 Å². The molecule has 376 valence electrons. The van der Waals surface area contributed by atoms with Gasteiger partial charge < -0.3 is 14.2 Å². The van der Waals surface area contributed by atoms with Crippen molar-refractivity contribution in [1.29, 1.82) is 0 Å². The highest BCUT2D eigenvalue weighted by atomic mass is 16.6. The molecule has 6 nitrogen and oxygen atoms in total. The molecular formula is C60H100O6. The van der Waals surface area contributed by atoms with Gasteiger partial charge in [-0.25, -0.2) is 0 Å². The van der Waals surface area contributed by atoms with Crippen molar-refractivity contribution >= 4 is 17.9 Å². The lowest BCUT2D eigenvalue weighted by molar-refractivity contribution is -0.167. The minimum Gasteiger partial charge on any atom is -0.462 e. The number of rotatable bonds is 48. The Hall–Kier alpha value is -3.67. The Balaban J connectivity index is 4.45. The molecule has 0 radical (unpaired) electrons. The van der Waals surface area contributed by atoms with Gasteiger partial charge in [0.2, 0.25) is 0 Å². The van der Waals surface area contributed by atoms with Crippen molar-refractivity contribution in [3.05, 3.63) is 97.2 Å². The highest BCUT2D eigenvalue weighted by Gasteiger charge is 2.19. The quantitative estimate of drug-likeness (QED) is 0.0262. The Morgan fingerprint density at radius 3 is 0.970 bits per heavy atom. The molecule has 0 heterocycles. The summed E-state index contributed by atoms with van der Waals surface area (Å²) in [5.74, 6) is -0.964. The third kappa shape index (κ3) is 51.3. The van der Waals surface area contributed by atoms with E-state index >= 15 is 0 Å². The Morgan fingerprint density at radius 1 is 0.318 bits per heavy atom. The Morgan fingerprint density at radius 2 is 0.606 bits per heavy atom. The zero-order chi connectivity index (χ0) is 47.9. The van der Waals surface area contributed by atoms with Gasteiger partial charge in [0.25, 0.3) is 0 Å². The molecule has 0 aromatic heterocycles. The first-order valence-electron chi connectivity index (χ1n) is 27.2. The Kier molecular flexibility index (Phi) is 50.9. The number of carbonyl (C=O) groups excluding carboxylic acids is 3. The van der Waals surface area contributed by atoms with Crippen LogP contribution < -0.4 is 0 Å². The molecule has 0 bridgehead atoms. The molecule has 0 saturated heterocycles. The summed E-state index contributed by atoms with van der Waals surface area (Å²) in [6.45, 7) is 6.36. The van der Waals surface area contributed by atoms with Gasteiger partial charge in [-0.2, -0.15) is 0 Å². The van der Waals surface area contributed by atoms with Gasteiger partial charge in [0.05, 0.1) is 0 Å². The molecule has 0 saturated carbocycles. The standard InChI is InChI=1S/C60H100O6/c1-4-7-10-13-16-19-22-25-27-29-30-32-33-35-38-41-44-47-50-53-59(62)65-56-57(55-64-58(61)52-49-46-43-40-37-24-21-18-15-12-9-6-3)66-60(63)54-51-48-45-42-39-36-34-31-28-26-23-20-17-14-11-8-5-2/h7-8,10-11,16-17,19-20,25-28,34,36,42,45,57H,4-6,9,12-15,18,21-24,29-33,35,37-41,43-44,46-56H2,1-3H3/b10-7-,11-8-,19-16-,20-17-,27-25-,28-26-,36-34-,45-42-. The molecule has 0 N–H and O–H groups in total. The molecule has 0 amide bonds. The van der Waals surface area contributed by atoms with Gasteiger partial charge in [-0.1, -0.05) is 234 Å². The summed E-state index contributed by atoms with van der Waals surface area (Å²) in [6, 6.07) is 0. The van der Waals surface area contributed by atoms with Crippen molar-refractivity contribution in [3.63, 3.8) is 0 Å². The number of hydrogen-bond donors (Lipinski definition) is 0. The normalized spacial score (nSPS) is 12.8. The number of allylic oxidation sites excluding steroid dienone is 16. The van der Waals surface area contributed by atoms with Crippen LogP contribution in [0, 0.1) is 0 Å². The molecule has 1 atom stereocenters. The smallest absolute Gasteiger partial charge is 0.306 e. The van der Waals surface area contributed by atoms with Crippen molar-refractivity contribution in [3.8, 4) is 0 Å². The van der Waals surface area contributed by atoms with Gasteiger partial charge in [-0.3, -0.25) is 14.4 Å². The van der Waals surface area contributed by atoms with Gasteiger partial charge in [0.1, 0.15) is 13.2 Å². The van der Waals surface area contributed by atoms with Crippen LogP contribution in [0.5, 0.6) is 0 Å². The van der Waals surface area contributed by atoms with Crippen molar-refractivity contribution in [2.24, 2.45) is 0 Å². The van der Waals surface area contributed by atoms with Crippen LogP contribution in [0.15, 0.2) is 97.2 Å². The van der Waals surface area contributed by atoms with Crippen LogP contribution in [-0.4, -0.2) is 37.2 Å². The molecule has 66 heavy (non-hydrogen) atoms. The maximum absolute atomic E-state index is 12.8. The molecular weight excluding hydrogens is 817 g/mol. The van der Waals surface area contributed by atoms with Crippen molar-refractivity contribution in [1.82, 2.24) is 0 Å². The molecule has 0 aromatic rings. The van der Waals surface area contributed by atoms with Crippen LogP contribution in [-0.2, 0) is 28.6 Å². The van der Waals surface area contributed by atoms with E-state index in [2.05, 4.69) is 118 Å². The predicted octanol–water partition coefficient (Wildman–Crippen LogP) is 18.1. The SMILES string of the molecule is CC/C=C\C/C=C\C/C=C\C/C=C\C/C=C\CCCC(=O)OC(COC(=O)CCCCCCCCCCC/C=C\C/C=C\C/C=C\CC)COC(=O)CCCCCCCCCCCCCC. The van der Waals surface area contributed by atoms with E-state index in [0.29, 0.717) is 19.3 Å². The molecule has 0 rings (SSSR count). The average Bonchev–Trinajstić information content (AvgIpc) is 3.31. The highest BCUT2D eigenvalue weighted by Crippen LogP contribution is 2.15. The molecule has 0 aliphatic carbocycles. The minimum absolute atomic E-state index is 0.101. The summed E-state index contributed by atoms with van der Waals surface area (Å²) in [5, 5.41) is 0. The molecule has 6 heteroatoms. The summed E-state index contributed by atoms with van der Waals surface area (Å²) in [7, 11) is 0. The number of carbonyl (C=O) groups is 3. The van der Waals surface area contributed by atoms with Gasteiger partial charge in [0, 0.05) is 19.3 Å². The topological polar surface area (TPSA) is 78.9 Å². The second-order valence-electron chi connectivity index (χ2n) is 17.7. The van der Waals surface area contributed by atoms with Gasteiger partial charge >= 0.3 is 17.9 Å². The average molecular weight is 917 g/mol. The van der Waals surface area contributed by atoms with E-state index in [1.807, 2.05) is 0 Å². The molecule has 1 unspecified atom stereocenters. The first-order valence-corrected chi connectivity index (χ1v) is 27.2. The second-order valence-corrected chi connectivity index (χ2v) is 17.7. The highest BCUT2D eigenvalue weighted by molar-refractivity contribution is 5.71. The van der Waals surface area contributed by atoms with E-state index in [1.54, 1.807) is 0 Å². The Labute approximate surface area is 407 Å². The fourth-order valence-electron chi connectivity index (χ4n) is 7.32. The van der Waals surface area contributed by atoms with Crippen LogP contribution in [0.2, 0.25) is 0 Å². The summed E-state index contributed by atoms with van der Waals surface area (Å²) in [4.78, 5) is 38.0. The summed E-state index contributed by atoms with van der Waals surface area (Å²) in [6.07, 6.45) is 71.1. The lowest BCUT2D eigenvalue weighted by Gasteiger charge is -2.18. The van der Waals surface area contributed by atoms with Crippen LogP contribution in [0.4, 0.5) is 0 Å². The van der Waals surface area contributed by atoms with Crippen molar-refractivity contribution in [2.45, 2.75) is 252 Å². The largest absolute Gasteiger partial charge is 0.462 e. The molecule has 0 spiro atoms. The second kappa shape index (κ2) is 53.9. The number of unbranched alkanes of at least 4 members (excludes halogenated alkanes) is 21. The maximum Gasteiger partial charge on any atom is 0.306 e. The van der Waals surface area contributed by atoms with Crippen LogP contribution >= 0.6 is 0 Å². The van der Waals surface area contributed by atoms with Crippen molar-refractivity contribution in [2.75, 3.05) is 13.2 Å². The molecule has 0 aliphatic heterocycles. The third-order valence-electron chi connectivity index (χ3n) is 11.3. The number of ether oxygens (including phenoxy) is 3. The Bertz CT molecular complexity index is 1330. The van der Waals surface area contributed by atoms with E-state index in [0.717, 1.165) is 96.3 Å². The molecule has 0 aliphatic rings. The monoisotopic (exact) mass is 917 g/mol. The summed E-state index contributed by atoms with van der Waals surface area (Å²) < 4.78 is 16.8. The lowest BCUT2D eigenvalue weighted by atomic mass is 10.0. The van der Waals surface area contributed by atoms with E-state index in [-0.39, 0.29) is 37.5 Å². The predicted molar refractivity (Wildman–Crippen MR) is 284 cm³/mol. The summed E-state index contributed by atoms with van der Waals surface area (Å²) >= 11 is 0. The van der Waals surface area contributed by atoms with Crippen molar-refractivity contribution < 1.29 is 28.6 Å². The fourth-order valence-corrected chi connectivity index (χ4v) is 7.32. The van der Waals surface area contributed by atoms with Crippen LogP contribution in [0.1, 0.15) is 245 Å². The first kappa shape index (κ1) is 62.3. The lowest BCUT2D eigenvalue weighted by Crippen LogP contribution is -2.30. The maximum atomic E-state index is 12.8. The fraction of sp³-hybridized carbons (Fsp3) is 0.683. The molecule has 0 fully saturated rings. The van der Waals surface area contributed by atoms with Gasteiger partial charge in [-0.05, 0) is 89.9 Å². The molecule has 0 aromatic carbocycles. The zero-order valence-corrected chi connectivity index (χ0v) is 42.9. The van der Waals surface area contributed by atoms with Crippen LogP contribution in [0.3, 0.4) is 0 Å². The van der Waals surface area contributed by atoms with E-state index in [4.69, 9.17) is 14.2 Å². The third-order valence-corrected chi connectivity index (χ3v) is 11.3. The van der Waals surface area contributed by atoms with Crippen LogP contribution in [0.25, 0.3) is 0 Å².